The van der Waals surface area contributed by atoms with Crippen molar-refractivity contribution in [2.45, 2.75) is 47.4 Å². The molecule has 0 spiro atoms. The van der Waals surface area contributed by atoms with Gasteiger partial charge in [0.25, 0.3) is 5.56 Å². The summed E-state index contributed by atoms with van der Waals surface area (Å²) in [4.78, 5) is 56.1. The predicted molar refractivity (Wildman–Crippen MR) is 150 cm³/mol. The zero-order valence-corrected chi connectivity index (χ0v) is 25.0. The van der Waals surface area contributed by atoms with Crippen molar-refractivity contribution < 1.29 is 52.0 Å². The molecular weight excluding hydrogens is 666 g/mol. The van der Waals surface area contributed by atoms with Crippen molar-refractivity contribution in [1.82, 2.24) is 39.0 Å². The SMILES string of the molecule is Nc1nc2c(ncn2[C@@H]2S[C@@H]3COP(=O)(O)OC4[C@@H](COP(=O)(O)O[C@H]2C3O)O[C@@H](n2cnc3c(N)ncnc32)[C@H]4O)c(=O)[nH]1. The normalized spacial score (nSPS) is 37.7. The van der Waals surface area contributed by atoms with Gasteiger partial charge in [-0.3, -0.25) is 37.0 Å². The van der Waals surface area contributed by atoms with Crippen molar-refractivity contribution >= 4 is 61.5 Å². The Morgan fingerprint density at radius 1 is 0.911 bits per heavy atom. The topological polar surface area (TPSA) is 320 Å². The van der Waals surface area contributed by atoms with Crippen LogP contribution in [-0.2, 0) is 32.0 Å². The van der Waals surface area contributed by atoms with Crippen molar-refractivity contribution in [1.29, 1.82) is 0 Å². The summed E-state index contributed by atoms with van der Waals surface area (Å²) in [5.74, 6) is -0.194. The van der Waals surface area contributed by atoms with Crippen LogP contribution in [0.5, 0.6) is 0 Å². The van der Waals surface area contributed by atoms with Gasteiger partial charge < -0.3 is 36.2 Å². The van der Waals surface area contributed by atoms with Crippen LogP contribution in [-0.4, -0.2) is 108 Å². The summed E-state index contributed by atoms with van der Waals surface area (Å²) in [7, 11) is -10.0. The van der Waals surface area contributed by atoms with E-state index in [4.69, 9.17) is 34.3 Å². The highest BCUT2D eigenvalue weighted by molar-refractivity contribution is 8.00. The minimum Gasteiger partial charge on any atom is -0.389 e. The first kappa shape index (κ1) is 30.6. The molecule has 0 saturated carbocycles. The van der Waals surface area contributed by atoms with Crippen LogP contribution in [0.15, 0.2) is 23.8 Å². The van der Waals surface area contributed by atoms with Crippen LogP contribution in [0.3, 0.4) is 0 Å². The second-order valence-electron chi connectivity index (χ2n) is 10.1. The number of imidazole rings is 2. The molecule has 4 aromatic heterocycles. The molecule has 45 heavy (non-hydrogen) atoms. The zero-order chi connectivity index (χ0) is 31.8. The number of hydrogen-bond donors (Lipinski definition) is 7. The highest BCUT2D eigenvalue weighted by Crippen LogP contribution is 2.56. The number of rotatable bonds is 2. The molecular formula is C20H24N10O12P2S. The van der Waals surface area contributed by atoms with Crippen LogP contribution in [0.4, 0.5) is 11.8 Å². The number of aromatic nitrogens is 8. The maximum absolute atomic E-state index is 13.2. The van der Waals surface area contributed by atoms with Crippen LogP contribution in [0.1, 0.15) is 11.6 Å². The van der Waals surface area contributed by atoms with E-state index in [1.54, 1.807) is 0 Å². The number of anilines is 2. The Hall–Kier alpha value is -3.05. The third-order valence-electron chi connectivity index (χ3n) is 7.32. The number of fused-ring (bicyclic) bond motifs is 5. The molecule has 0 aromatic carbocycles. The number of ether oxygens (including phenoxy) is 1. The van der Waals surface area contributed by atoms with Crippen LogP contribution in [0, 0.1) is 0 Å². The third kappa shape index (κ3) is 5.43. The first-order chi connectivity index (χ1) is 21.3. The Kier molecular flexibility index (Phi) is 7.50. The van der Waals surface area contributed by atoms with Crippen LogP contribution < -0.4 is 17.0 Å². The number of H-pyrrole nitrogens is 1. The number of phosphoric acid groups is 2. The lowest BCUT2D eigenvalue weighted by atomic mass is 10.1. The Labute approximate surface area is 253 Å². The Morgan fingerprint density at radius 3 is 2.38 bits per heavy atom. The Balaban J connectivity index is 1.21. The van der Waals surface area contributed by atoms with Crippen LogP contribution >= 0.6 is 27.4 Å². The summed E-state index contributed by atoms with van der Waals surface area (Å²) in [5.41, 5.74) is 11.1. The average Bonchev–Trinajstić information content (AvgIpc) is 3.72. The van der Waals surface area contributed by atoms with Gasteiger partial charge in [-0.25, -0.2) is 29.1 Å². The fourth-order valence-electron chi connectivity index (χ4n) is 5.30. The van der Waals surface area contributed by atoms with E-state index in [9.17, 15) is 33.9 Å². The van der Waals surface area contributed by atoms with E-state index in [-0.39, 0.29) is 34.1 Å². The van der Waals surface area contributed by atoms with Crippen molar-refractivity contribution in [2.24, 2.45) is 0 Å². The number of aliphatic hydroxyl groups is 2. The van der Waals surface area contributed by atoms with E-state index in [1.165, 1.54) is 21.8 Å². The van der Waals surface area contributed by atoms with Crippen molar-refractivity contribution in [3.63, 3.8) is 0 Å². The lowest BCUT2D eigenvalue weighted by Gasteiger charge is -2.26. The van der Waals surface area contributed by atoms with Gasteiger partial charge >= 0.3 is 15.6 Å². The second-order valence-corrected chi connectivity index (χ2v) is 14.3. The van der Waals surface area contributed by atoms with Gasteiger partial charge in [0.15, 0.2) is 28.9 Å². The average molecular weight is 690 g/mol. The summed E-state index contributed by atoms with van der Waals surface area (Å²) in [5, 5.41) is 20.1. The van der Waals surface area contributed by atoms with Crippen molar-refractivity contribution in [3.05, 3.63) is 29.3 Å². The van der Waals surface area contributed by atoms with E-state index in [2.05, 4.69) is 29.9 Å². The molecule has 3 aliphatic rings. The van der Waals surface area contributed by atoms with Gasteiger partial charge in [0.05, 0.1) is 37.2 Å². The van der Waals surface area contributed by atoms with Gasteiger partial charge in [-0.15, -0.1) is 11.8 Å². The molecule has 0 aliphatic carbocycles. The number of nitrogens with one attached hydrogen (secondary N) is 1. The molecule has 0 radical (unpaired) electrons. The summed E-state index contributed by atoms with van der Waals surface area (Å²) >= 11 is 0.908. The fraction of sp³-hybridized carbons (Fsp3) is 0.500. The molecule has 22 nitrogen and oxygen atoms in total. The number of nitrogens with zero attached hydrogens (tertiary/aromatic N) is 7. The molecule has 3 saturated heterocycles. The smallest absolute Gasteiger partial charge is 0.389 e. The molecule has 242 valence electrons. The molecule has 25 heteroatoms. The number of hydrogen-bond acceptors (Lipinski definition) is 18. The first-order valence-corrected chi connectivity index (χ1v) is 16.9. The summed E-state index contributed by atoms with van der Waals surface area (Å²) in [6.07, 6.45) is -5.63. The number of aromatic amines is 1. The minimum atomic E-state index is -5.05. The summed E-state index contributed by atoms with van der Waals surface area (Å²) in [6, 6.07) is 0. The van der Waals surface area contributed by atoms with Gasteiger partial charge in [-0.2, -0.15) is 4.98 Å². The van der Waals surface area contributed by atoms with Gasteiger partial charge in [0, 0.05) is 0 Å². The molecule has 4 unspecified atom stereocenters. The number of phosphoric ester groups is 2. The summed E-state index contributed by atoms with van der Waals surface area (Å²) in [6.45, 7) is -1.43. The van der Waals surface area contributed by atoms with Gasteiger partial charge in [-0.05, 0) is 0 Å². The largest absolute Gasteiger partial charge is 0.472 e. The van der Waals surface area contributed by atoms with Crippen molar-refractivity contribution in [3.8, 4) is 0 Å². The lowest BCUT2D eigenvalue weighted by molar-refractivity contribution is -0.0547. The van der Waals surface area contributed by atoms with E-state index >= 15 is 0 Å². The molecule has 9 N–H and O–H groups in total. The number of aliphatic hydroxyl groups excluding tert-OH is 2. The molecule has 0 amide bonds. The fourth-order valence-corrected chi connectivity index (χ4v) is 8.88. The number of nitrogens with two attached hydrogens (primary N) is 2. The first-order valence-electron chi connectivity index (χ1n) is 13.0. The molecule has 3 fully saturated rings. The zero-order valence-electron chi connectivity index (χ0n) is 22.4. The minimum absolute atomic E-state index is 0.0247. The quantitative estimate of drug-likeness (QED) is 0.116. The second kappa shape index (κ2) is 11.0. The molecule has 2 bridgehead atoms. The number of nitrogen functional groups attached to an aromatic ring is 2. The molecule has 7 heterocycles. The lowest BCUT2D eigenvalue weighted by Crippen LogP contribution is -2.36. The molecule has 10 atom stereocenters. The van der Waals surface area contributed by atoms with Crippen LogP contribution in [0.25, 0.3) is 22.3 Å². The molecule has 7 rings (SSSR count). The standard InChI is InChI=1S/C20H24N10O12P2S/c21-14-8-15(24-3-23-14)29(4-25-8)18-11(32)12-6(40-18)1-38-43(34,35)42-13-10(31)7(2-39-44(36,37)41-12)45-19(13)30-5-26-9-16(30)27-20(22)28-17(9)33/h3-7,10-13,18-19,31-32H,1-2H2,(H,34,35)(H,36,37)(H2,21,23,24)(H3,22,27,28,33)/t6-,7-,10?,11+,12?,13+,18-,19-/m1/s1. The highest BCUT2D eigenvalue weighted by Gasteiger charge is 2.53. The number of thioether (sulfide) groups is 1. The monoisotopic (exact) mass is 690 g/mol. The third-order valence-corrected chi connectivity index (χ3v) is 10.8. The maximum atomic E-state index is 13.2. The molecule has 3 aliphatic heterocycles. The van der Waals surface area contributed by atoms with E-state index in [0.29, 0.717) is 0 Å². The van der Waals surface area contributed by atoms with E-state index in [0.717, 1.165) is 18.1 Å². The summed E-state index contributed by atoms with van der Waals surface area (Å²) < 4.78 is 55.9. The highest BCUT2D eigenvalue weighted by atomic mass is 32.2. The molecule has 4 aromatic rings. The van der Waals surface area contributed by atoms with Crippen LogP contribution in [0.2, 0.25) is 0 Å². The van der Waals surface area contributed by atoms with E-state index in [1.807, 2.05) is 0 Å². The Bertz CT molecular complexity index is 1940. The van der Waals surface area contributed by atoms with Gasteiger partial charge in [0.1, 0.15) is 41.6 Å². The van der Waals surface area contributed by atoms with Gasteiger partial charge in [0.2, 0.25) is 5.95 Å². The maximum Gasteiger partial charge on any atom is 0.472 e. The van der Waals surface area contributed by atoms with Gasteiger partial charge in [-0.1, -0.05) is 0 Å². The Morgan fingerprint density at radius 2 is 1.60 bits per heavy atom. The van der Waals surface area contributed by atoms with E-state index < -0.39 is 81.8 Å². The van der Waals surface area contributed by atoms with Crippen molar-refractivity contribution in [2.75, 3.05) is 24.7 Å². The predicted octanol–water partition coefficient (Wildman–Crippen LogP) is -1.62.